The first-order valence-corrected chi connectivity index (χ1v) is 11.3. The quantitative estimate of drug-likeness (QED) is 0.484. The summed E-state index contributed by atoms with van der Waals surface area (Å²) in [5.74, 6) is 0.932. The second kappa shape index (κ2) is 9.84. The number of hydrogen-bond donors (Lipinski definition) is 3. The Hall–Kier alpha value is -3.37. The molecule has 0 spiro atoms. The van der Waals surface area contributed by atoms with Gasteiger partial charge in [0.2, 0.25) is 0 Å². The number of fused-ring (bicyclic) bond motifs is 1. The van der Waals surface area contributed by atoms with Crippen molar-refractivity contribution in [1.82, 2.24) is 10.3 Å². The Labute approximate surface area is 194 Å². The molecule has 32 heavy (non-hydrogen) atoms. The Morgan fingerprint density at radius 3 is 2.41 bits per heavy atom. The van der Waals surface area contributed by atoms with E-state index in [4.69, 9.17) is 22.5 Å². The van der Waals surface area contributed by atoms with E-state index in [0.717, 1.165) is 42.7 Å². The Bertz CT molecular complexity index is 1130. The van der Waals surface area contributed by atoms with Gasteiger partial charge in [0.15, 0.2) is 5.11 Å². The van der Waals surface area contributed by atoms with Crippen molar-refractivity contribution < 1.29 is 0 Å². The predicted octanol–water partition coefficient (Wildman–Crippen LogP) is 4.88. The molecule has 0 radical (unpaired) electrons. The number of rotatable bonds is 5. The molecular formula is C25H28N6S. The molecule has 1 heterocycles. The molecule has 0 atom stereocenters. The average Bonchev–Trinajstić information content (AvgIpc) is 2.80. The summed E-state index contributed by atoms with van der Waals surface area (Å²) in [6.07, 6.45) is 4.20. The second-order valence-electron chi connectivity index (χ2n) is 8.42. The normalized spacial score (nSPS) is 17.9. The first-order chi connectivity index (χ1) is 15.5. The first kappa shape index (κ1) is 21.8. The van der Waals surface area contributed by atoms with Gasteiger partial charge >= 0.3 is 0 Å². The molecule has 0 amide bonds. The average molecular weight is 445 g/mol. The minimum Gasteiger partial charge on any atom is -0.377 e. The summed E-state index contributed by atoms with van der Waals surface area (Å²) < 4.78 is 0. The molecule has 1 aliphatic rings. The van der Waals surface area contributed by atoms with E-state index in [0.29, 0.717) is 22.8 Å². The van der Waals surface area contributed by atoms with Crippen molar-refractivity contribution in [2.45, 2.75) is 37.8 Å². The molecule has 2 aromatic carbocycles. The lowest BCUT2D eigenvalue weighted by atomic mass is 9.91. The van der Waals surface area contributed by atoms with Crippen LogP contribution in [0.1, 0.15) is 31.2 Å². The summed E-state index contributed by atoms with van der Waals surface area (Å²) in [4.78, 5) is 6.97. The second-order valence-corrected chi connectivity index (χ2v) is 8.83. The first-order valence-electron chi connectivity index (χ1n) is 10.9. The Morgan fingerprint density at radius 1 is 1.03 bits per heavy atom. The zero-order valence-electron chi connectivity index (χ0n) is 18.4. The van der Waals surface area contributed by atoms with Crippen LogP contribution in [0.25, 0.3) is 10.9 Å². The van der Waals surface area contributed by atoms with Crippen LogP contribution >= 0.6 is 12.2 Å². The monoisotopic (exact) mass is 444 g/mol. The standard InChI is InChI=1S/C25H28N6S/c1-31(2)23-15-24(30-22-6-4-3-5-21(22)23)27-18-11-13-20(14-12-18)29-25(32)28-19-9-7-17(16-26)8-10-19/h3-10,15,18,20H,11-14H2,1-2H3,(H,27,30)(H2,28,29,32). The lowest BCUT2D eigenvalue weighted by molar-refractivity contribution is 0.388. The minimum atomic E-state index is 0.355. The van der Waals surface area contributed by atoms with Crippen molar-refractivity contribution in [2.75, 3.05) is 29.6 Å². The maximum absolute atomic E-state index is 8.91. The summed E-state index contributed by atoms with van der Waals surface area (Å²) in [5.41, 5.74) is 3.71. The number of para-hydroxylation sites is 1. The maximum Gasteiger partial charge on any atom is 0.170 e. The molecule has 0 bridgehead atoms. The van der Waals surface area contributed by atoms with Crippen LogP contribution in [0.2, 0.25) is 0 Å². The van der Waals surface area contributed by atoms with Crippen LogP contribution < -0.4 is 20.9 Å². The van der Waals surface area contributed by atoms with Gasteiger partial charge in [0.25, 0.3) is 0 Å². The van der Waals surface area contributed by atoms with Crippen molar-refractivity contribution in [3.8, 4) is 6.07 Å². The Balaban J connectivity index is 1.31. The predicted molar refractivity (Wildman–Crippen MR) is 136 cm³/mol. The number of benzene rings is 2. The van der Waals surface area contributed by atoms with Gasteiger partial charge < -0.3 is 20.9 Å². The van der Waals surface area contributed by atoms with Gasteiger partial charge in [-0.2, -0.15) is 5.26 Å². The Morgan fingerprint density at radius 2 is 1.72 bits per heavy atom. The van der Waals surface area contributed by atoms with E-state index in [1.165, 1.54) is 11.1 Å². The molecule has 0 unspecified atom stereocenters. The third-order valence-electron chi connectivity index (χ3n) is 5.86. The highest BCUT2D eigenvalue weighted by Crippen LogP contribution is 2.29. The summed E-state index contributed by atoms with van der Waals surface area (Å²) >= 11 is 5.48. The maximum atomic E-state index is 8.91. The minimum absolute atomic E-state index is 0.355. The molecule has 3 aromatic rings. The molecule has 0 aliphatic heterocycles. The van der Waals surface area contributed by atoms with Crippen LogP contribution in [0.5, 0.6) is 0 Å². The van der Waals surface area contributed by atoms with E-state index in [9.17, 15) is 0 Å². The third-order valence-corrected chi connectivity index (χ3v) is 6.08. The lowest BCUT2D eigenvalue weighted by Gasteiger charge is -2.31. The van der Waals surface area contributed by atoms with E-state index in [-0.39, 0.29) is 0 Å². The van der Waals surface area contributed by atoms with Crippen LogP contribution in [0.3, 0.4) is 0 Å². The fourth-order valence-electron chi connectivity index (χ4n) is 4.17. The number of anilines is 3. The molecule has 0 saturated heterocycles. The fraction of sp³-hybridized carbons (Fsp3) is 0.320. The number of nitriles is 1. The molecular weight excluding hydrogens is 416 g/mol. The number of pyridine rings is 1. The van der Waals surface area contributed by atoms with Gasteiger partial charge in [-0.3, -0.25) is 0 Å². The number of thiocarbonyl (C=S) groups is 1. The summed E-state index contributed by atoms with van der Waals surface area (Å²) in [5, 5.41) is 21.0. The Kier molecular flexibility index (Phi) is 6.72. The molecule has 4 rings (SSSR count). The van der Waals surface area contributed by atoms with Crippen molar-refractivity contribution in [1.29, 1.82) is 5.26 Å². The smallest absolute Gasteiger partial charge is 0.170 e. The van der Waals surface area contributed by atoms with Crippen molar-refractivity contribution >= 4 is 45.4 Å². The van der Waals surface area contributed by atoms with Crippen LogP contribution in [-0.4, -0.2) is 36.3 Å². The van der Waals surface area contributed by atoms with Gasteiger partial charge in [-0.05, 0) is 68.2 Å². The van der Waals surface area contributed by atoms with Gasteiger partial charge in [0, 0.05) is 49.0 Å². The highest BCUT2D eigenvalue weighted by molar-refractivity contribution is 7.80. The van der Waals surface area contributed by atoms with Crippen LogP contribution in [-0.2, 0) is 0 Å². The molecule has 1 aromatic heterocycles. The number of aromatic nitrogens is 1. The van der Waals surface area contributed by atoms with Gasteiger partial charge in [0.05, 0.1) is 17.1 Å². The van der Waals surface area contributed by atoms with E-state index in [1.54, 1.807) is 12.1 Å². The zero-order chi connectivity index (χ0) is 22.5. The molecule has 3 N–H and O–H groups in total. The summed E-state index contributed by atoms with van der Waals surface area (Å²) in [6.45, 7) is 0. The largest absolute Gasteiger partial charge is 0.377 e. The number of nitrogens with zero attached hydrogens (tertiary/aromatic N) is 3. The van der Waals surface area contributed by atoms with Crippen LogP contribution in [0, 0.1) is 11.3 Å². The molecule has 1 aliphatic carbocycles. The van der Waals surface area contributed by atoms with Crippen molar-refractivity contribution in [3.63, 3.8) is 0 Å². The summed E-state index contributed by atoms with van der Waals surface area (Å²) in [7, 11) is 4.13. The number of hydrogen-bond acceptors (Lipinski definition) is 5. The van der Waals surface area contributed by atoms with Crippen LogP contribution in [0.15, 0.2) is 54.6 Å². The fourth-order valence-corrected chi connectivity index (χ4v) is 4.46. The molecule has 1 fully saturated rings. The number of nitrogens with one attached hydrogen (secondary N) is 3. The third kappa shape index (κ3) is 5.27. The molecule has 7 heteroatoms. The SMILES string of the molecule is CN(C)c1cc(NC2CCC(NC(=S)Nc3ccc(C#N)cc3)CC2)nc2ccccc12. The van der Waals surface area contributed by atoms with E-state index >= 15 is 0 Å². The highest BCUT2D eigenvalue weighted by atomic mass is 32.1. The van der Waals surface area contributed by atoms with Gasteiger partial charge in [0.1, 0.15) is 5.82 Å². The topological polar surface area (TPSA) is 76.0 Å². The van der Waals surface area contributed by atoms with Gasteiger partial charge in [-0.15, -0.1) is 0 Å². The van der Waals surface area contributed by atoms with Crippen molar-refractivity contribution in [2.24, 2.45) is 0 Å². The van der Waals surface area contributed by atoms with E-state index in [1.807, 2.05) is 18.2 Å². The molecule has 164 valence electrons. The zero-order valence-corrected chi connectivity index (χ0v) is 19.2. The van der Waals surface area contributed by atoms with Gasteiger partial charge in [-0.1, -0.05) is 18.2 Å². The van der Waals surface area contributed by atoms with E-state index < -0.39 is 0 Å². The lowest BCUT2D eigenvalue weighted by Crippen LogP contribution is -2.42. The summed E-state index contributed by atoms with van der Waals surface area (Å²) in [6, 6.07) is 20.6. The molecule has 6 nitrogen and oxygen atoms in total. The van der Waals surface area contributed by atoms with Crippen LogP contribution in [0.4, 0.5) is 17.2 Å². The van der Waals surface area contributed by atoms with E-state index in [2.05, 4.69) is 65.3 Å². The molecule has 1 saturated carbocycles. The highest BCUT2D eigenvalue weighted by Gasteiger charge is 2.22. The van der Waals surface area contributed by atoms with Crippen molar-refractivity contribution in [3.05, 3.63) is 60.2 Å². The van der Waals surface area contributed by atoms with Gasteiger partial charge in [-0.25, -0.2) is 4.98 Å².